The molecule has 0 spiro atoms. The van der Waals surface area contributed by atoms with Crippen LogP contribution in [-0.4, -0.2) is 29.8 Å². The van der Waals surface area contributed by atoms with Gasteiger partial charge in [-0.1, -0.05) is 6.92 Å². The van der Waals surface area contributed by atoms with Gasteiger partial charge in [0.15, 0.2) is 0 Å². The Morgan fingerprint density at radius 1 is 1.50 bits per heavy atom. The second kappa shape index (κ2) is 7.66. The quantitative estimate of drug-likeness (QED) is 0.751. The van der Waals surface area contributed by atoms with E-state index < -0.39 is 6.10 Å². The van der Waals surface area contributed by atoms with E-state index in [2.05, 4.69) is 4.98 Å². The fourth-order valence-corrected chi connectivity index (χ4v) is 1.42. The monoisotopic (exact) mass is 253 g/mol. The molecule has 0 fully saturated rings. The lowest BCUT2D eigenvalue weighted by Crippen LogP contribution is -2.08. The molecule has 0 aliphatic carbocycles. The van der Waals surface area contributed by atoms with Gasteiger partial charge in [-0.05, 0) is 24.5 Å². The molecular formula is C13H19NO4. The number of aliphatic hydroxyl groups excluding tert-OH is 1. The van der Waals surface area contributed by atoms with Crippen LogP contribution in [0.15, 0.2) is 18.3 Å². The highest BCUT2D eigenvalue weighted by Crippen LogP contribution is 2.19. The van der Waals surface area contributed by atoms with Crippen molar-refractivity contribution in [1.82, 2.24) is 4.98 Å². The van der Waals surface area contributed by atoms with Gasteiger partial charge in [-0.2, -0.15) is 0 Å². The van der Waals surface area contributed by atoms with Crippen LogP contribution in [0.4, 0.5) is 0 Å². The molecule has 0 aliphatic rings. The lowest BCUT2D eigenvalue weighted by atomic mass is 10.1. The van der Waals surface area contributed by atoms with Gasteiger partial charge in [0, 0.05) is 18.7 Å². The van der Waals surface area contributed by atoms with E-state index in [4.69, 9.17) is 9.47 Å². The number of rotatable bonds is 7. The minimum Gasteiger partial charge on any atom is -0.481 e. The minimum absolute atomic E-state index is 0.202. The molecule has 18 heavy (non-hydrogen) atoms. The number of esters is 1. The Morgan fingerprint density at radius 3 is 2.83 bits per heavy atom. The maximum absolute atomic E-state index is 11.3. The van der Waals surface area contributed by atoms with Crippen molar-refractivity contribution in [2.75, 3.05) is 13.7 Å². The number of methoxy groups -OCH3 is 1. The summed E-state index contributed by atoms with van der Waals surface area (Å²) in [5, 5.41) is 9.87. The standard InChI is InChI=1S/C13H19NO4/c1-3-8-18-13(16)7-5-11(15)10-4-6-12(17-2)14-9-10/h4,6,9,11,15H,3,5,7-8H2,1-2H3. The average Bonchev–Trinajstić information content (AvgIpc) is 2.42. The Morgan fingerprint density at radius 2 is 2.28 bits per heavy atom. The van der Waals surface area contributed by atoms with Crippen LogP contribution in [0, 0.1) is 0 Å². The van der Waals surface area contributed by atoms with Crippen LogP contribution in [0.2, 0.25) is 0 Å². The maximum Gasteiger partial charge on any atom is 0.305 e. The molecule has 0 saturated heterocycles. The summed E-state index contributed by atoms with van der Waals surface area (Å²) in [7, 11) is 1.53. The van der Waals surface area contributed by atoms with Gasteiger partial charge in [0.05, 0.1) is 19.8 Å². The molecule has 0 aliphatic heterocycles. The van der Waals surface area contributed by atoms with Crippen LogP contribution in [0.25, 0.3) is 0 Å². The molecule has 1 aromatic heterocycles. The highest BCUT2D eigenvalue weighted by Gasteiger charge is 2.11. The molecule has 5 heteroatoms. The summed E-state index contributed by atoms with van der Waals surface area (Å²) in [5.74, 6) is 0.214. The molecule has 1 atom stereocenters. The second-order valence-electron chi connectivity index (χ2n) is 3.91. The van der Waals surface area contributed by atoms with E-state index in [1.165, 1.54) is 7.11 Å². The first-order valence-corrected chi connectivity index (χ1v) is 6.01. The lowest BCUT2D eigenvalue weighted by Gasteiger charge is -2.10. The molecule has 5 nitrogen and oxygen atoms in total. The number of hydrogen-bond acceptors (Lipinski definition) is 5. The normalized spacial score (nSPS) is 11.9. The molecule has 0 bridgehead atoms. The fraction of sp³-hybridized carbons (Fsp3) is 0.538. The van der Waals surface area contributed by atoms with Crippen molar-refractivity contribution in [1.29, 1.82) is 0 Å². The third-order valence-electron chi connectivity index (χ3n) is 2.44. The van der Waals surface area contributed by atoms with Gasteiger partial charge in [0.1, 0.15) is 0 Å². The topological polar surface area (TPSA) is 68.7 Å². The molecule has 0 amide bonds. The van der Waals surface area contributed by atoms with E-state index in [9.17, 15) is 9.90 Å². The van der Waals surface area contributed by atoms with E-state index in [-0.39, 0.29) is 12.4 Å². The van der Waals surface area contributed by atoms with Gasteiger partial charge < -0.3 is 14.6 Å². The molecule has 1 heterocycles. The molecule has 0 radical (unpaired) electrons. The third-order valence-corrected chi connectivity index (χ3v) is 2.44. The van der Waals surface area contributed by atoms with Crippen LogP contribution in [0.5, 0.6) is 5.88 Å². The van der Waals surface area contributed by atoms with E-state index in [1.807, 2.05) is 6.92 Å². The van der Waals surface area contributed by atoms with E-state index in [0.717, 1.165) is 6.42 Å². The van der Waals surface area contributed by atoms with E-state index >= 15 is 0 Å². The van der Waals surface area contributed by atoms with Crippen LogP contribution in [-0.2, 0) is 9.53 Å². The van der Waals surface area contributed by atoms with Crippen molar-refractivity contribution < 1.29 is 19.4 Å². The van der Waals surface area contributed by atoms with Gasteiger partial charge in [-0.15, -0.1) is 0 Å². The van der Waals surface area contributed by atoms with Crippen LogP contribution in [0.1, 0.15) is 37.9 Å². The van der Waals surface area contributed by atoms with Crippen LogP contribution in [0.3, 0.4) is 0 Å². The highest BCUT2D eigenvalue weighted by molar-refractivity contribution is 5.69. The number of aliphatic hydroxyl groups is 1. The van der Waals surface area contributed by atoms with Crippen molar-refractivity contribution in [3.05, 3.63) is 23.9 Å². The number of carbonyl (C=O) groups excluding carboxylic acids is 1. The summed E-state index contributed by atoms with van der Waals surface area (Å²) < 4.78 is 9.85. The van der Waals surface area contributed by atoms with Crippen molar-refractivity contribution in [2.24, 2.45) is 0 Å². The number of hydrogen-bond donors (Lipinski definition) is 1. The first-order valence-electron chi connectivity index (χ1n) is 6.01. The van der Waals surface area contributed by atoms with Gasteiger partial charge in [0.25, 0.3) is 0 Å². The SMILES string of the molecule is CCCOC(=O)CCC(O)c1ccc(OC)nc1. The predicted molar refractivity (Wildman–Crippen MR) is 66.2 cm³/mol. The van der Waals surface area contributed by atoms with Crippen LogP contribution < -0.4 is 4.74 Å². The number of pyridine rings is 1. The molecular weight excluding hydrogens is 234 g/mol. The first kappa shape index (κ1) is 14.4. The van der Waals surface area contributed by atoms with E-state index in [0.29, 0.717) is 24.5 Å². The molecule has 0 aromatic carbocycles. The fourth-order valence-electron chi connectivity index (χ4n) is 1.42. The lowest BCUT2D eigenvalue weighted by molar-refractivity contribution is -0.144. The summed E-state index contributed by atoms with van der Waals surface area (Å²) in [6.45, 7) is 2.37. The van der Waals surface area contributed by atoms with Gasteiger partial charge in [-0.25, -0.2) is 4.98 Å². The van der Waals surface area contributed by atoms with Crippen molar-refractivity contribution in [2.45, 2.75) is 32.3 Å². The van der Waals surface area contributed by atoms with E-state index in [1.54, 1.807) is 18.3 Å². The Hall–Kier alpha value is -1.62. The Kier molecular flexibility index (Phi) is 6.14. The number of nitrogens with zero attached hydrogens (tertiary/aromatic N) is 1. The molecule has 0 saturated carbocycles. The van der Waals surface area contributed by atoms with Crippen molar-refractivity contribution in [3.8, 4) is 5.88 Å². The molecule has 1 rings (SSSR count). The second-order valence-corrected chi connectivity index (χ2v) is 3.91. The summed E-state index contributed by atoms with van der Waals surface area (Å²) in [6.07, 6.45) is 2.17. The average molecular weight is 253 g/mol. The zero-order valence-corrected chi connectivity index (χ0v) is 10.8. The molecule has 1 N–H and O–H groups in total. The molecule has 100 valence electrons. The summed E-state index contributed by atoms with van der Waals surface area (Å²) >= 11 is 0. The summed E-state index contributed by atoms with van der Waals surface area (Å²) in [4.78, 5) is 15.3. The Balaban J connectivity index is 2.39. The van der Waals surface area contributed by atoms with Crippen molar-refractivity contribution >= 4 is 5.97 Å². The zero-order chi connectivity index (χ0) is 13.4. The minimum atomic E-state index is -0.711. The Bertz CT molecular complexity index is 364. The smallest absolute Gasteiger partial charge is 0.305 e. The number of carbonyl (C=O) groups is 1. The molecule has 1 aromatic rings. The zero-order valence-electron chi connectivity index (χ0n) is 10.8. The molecule has 1 unspecified atom stereocenters. The highest BCUT2D eigenvalue weighted by atomic mass is 16.5. The number of ether oxygens (including phenoxy) is 2. The van der Waals surface area contributed by atoms with Gasteiger partial charge in [-0.3, -0.25) is 4.79 Å². The van der Waals surface area contributed by atoms with Crippen molar-refractivity contribution in [3.63, 3.8) is 0 Å². The predicted octanol–water partition coefficient (Wildman–Crippen LogP) is 1.86. The van der Waals surface area contributed by atoms with Crippen LogP contribution >= 0.6 is 0 Å². The number of aromatic nitrogens is 1. The van der Waals surface area contributed by atoms with Gasteiger partial charge in [0.2, 0.25) is 5.88 Å². The summed E-state index contributed by atoms with van der Waals surface area (Å²) in [6, 6.07) is 3.40. The summed E-state index contributed by atoms with van der Waals surface area (Å²) in [5.41, 5.74) is 0.666. The first-order chi connectivity index (χ1) is 8.67. The third kappa shape index (κ3) is 4.71. The van der Waals surface area contributed by atoms with Gasteiger partial charge >= 0.3 is 5.97 Å². The largest absolute Gasteiger partial charge is 0.481 e. The maximum atomic E-state index is 11.3. The Labute approximate surface area is 107 Å².